The molecule has 4 nitrogen and oxygen atoms in total. The minimum Gasteiger partial charge on any atom is -0.508 e. The highest BCUT2D eigenvalue weighted by Gasteiger charge is 2.26. The zero-order valence-corrected chi connectivity index (χ0v) is 11.9. The van der Waals surface area contributed by atoms with Gasteiger partial charge < -0.3 is 15.3 Å². The van der Waals surface area contributed by atoms with Crippen LogP contribution in [0.3, 0.4) is 0 Å². The molecule has 1 saturated heterocycles. The average molecular weight is 287 g/mol. The second-order valence-corrected chi connectivity index (χ2v) is 5.90. The summed E-state index contributed by atoms with van der Waals surface area (Å²) < 4.78 is 0. The van der Waals surface area contributed by atoms with Crippen molar-refractivity contribution in [1.82, 2.24) is 4.90 Å². The smallest absolute Gasteiger partial charge is 0.116 e. The van der Waals surface area contributed by atoms with Gasteiger partial charge in [-0.3, -0.25) is 4.90 Å². The Labute approximate surface area is 124 Å². The highest BCUT2D eigenvalue weighted by atomic mass is 16.3. The second kappa shape index (κ2) is 6.02. The van der Waals surface area contributed by atoms with Gasteiger partial charge in [0.25, 0.3) is 0 Å². The lowest BCUT2D eigenvalue weighted by atomic mass is 9.94. The molecule has 112 valence electrons. The summed E-state index contributed by atoms with van der Waals surface area (Å²) in [7, 11) is 0. The predicted molar refractivity (Wildman–Crippen MR) is 82.1 cm³/mol. The van der Waals surface area contributed by atoms with Crippen LogP contribution in [0, 0.1) is 5.92 Å². The van der Waals surface area contributed by atoms with E-state index < -0.39 is 6.10 Å². The summed E-state index contributed by atoms with van der Waals surface area (Å²) in [4.78, 5) is 2.22. The van der Waals surface area contributed by atoms with E-state index in [1.54, 1.807) is 12.1 Å². The molecule has 1 heterocycles. The first kappa shape index (κ1) is 14.3. The molecule has 3 rings (SSSR count). The van der Waals surface area contributed by atoms with E-state index in [1.807, 2.05) is 12.1 Å². The zero-order chi connectivity index (χ0) is 14.8. The van der Waals surface area contributed by atoms with E-state index in [-0.39, 0.29) is 18.3 Å². The van der Waals surface area contributed by atoms with E-state index in [0.717, 1.165) is 30.3 Å². The lowest BCUT2D eigenvalue weighted by Gasteiger charge is -2.35. The third-order valence-corrected chi connectivity index (χ3v) is 4.33. The van der Waals surface area contributed by atoms with Crippen molar-refractivity contribution in [3.05, 3.63) is 42.0 Å². The highest BCUT2D eigenvalue weighted by Crippen LogP contribution is 2.23. The number of hydrogen-bond donors (Lipinski definition) is 3. The number of likely N-dealkylation sites (tertiary alicyclic amines) is 1. The summed E-state index contributed by atoms with van der Waals surface area (Å²) in [5, 5.41) is 30.8. The number of phenols is 1. The van der Waals surface area contributed by atoms with Crippen LogP contribution in [0.25, 0.3) is 10.8 Å². The number of aliphatic hydroxyl groups is 2. The van der Waals surface area contributed by atoms with Gasteiger partial charge in [0.15, 0.2) is 0 Å². The Hall–Kier alpha value is -1.62. The van der Waals surface area contributed by atoms with Gasteiger partial charge in [-0.05, 0) is 47.5 Å². The number of aromatic hydroxyl groups is 1. The van der Waals surface area contributed by atoms with E-state index in [4.69, 9.17) is 0 Å². The average Bonchev–Trinajstić information content (AvgIpc) is 2.48. The van der Waals surface area contributed by atoms with Crippen LogP contribution in [-0.2, 0) is 6.54 Å². The van der Waals surface area contributed by atoms with E-state index in [0.29, 0.717) is 6.54 Å². The van der Waals surface area contributed by atoms with Crippen molar-refractivity contribution in [3.8, 4) is 5.75 Å². The maximum absolute atomic E-state index is 9.99. The summed E-state index contributed by atoms with van der Waals surface area (Å²) in [5.41, 5.74) is 1.20. The molecule has 0 bridgehead atoms. The number of benzene rings is 2. The maximum Gasteiger partial charge on any atom is 0.116 e. The summed E-state index contributed by atoms with van der Waals surface area (Å²) in [5.74, 6) is 0.297. The monoisotopic (exact) mass is 287 g/mol. The molecule has 2 atom stereocenters. The van der Waals surface area contributed by atoms with E-state index in [2.05, 4.69) is 17.0 Å². The highest BCUT2D eigenvalue weighted by molar-refractivity contribution is 5.84. The molecule has 21 heavy (non-hydrogen) atoms. The molecule has 0 spiro atoms. The normalized spacial score (nSPS) is 23.5. The lowest BCUT2D eigenvalue weighted by molar-refractivity contribution is -0.00442. The van der Waals surface area contributed by atoms with Crippen molar-refractivity contribution in [3.63, 3.8) is 0 Å². The molecule has 0 aromatic heterocycles. The molecule has 1 aliphatic rings. The number of phenolic OH excluding ortho intramolecular Hbond substituents is 1. The van der Waals surface area contributed by atoms with E-state index in [1.165, 1.54) is 5.56 Å². The Morgan fingerprint density at radius 1 is 1.10 bits per heavy atom. The van der Waals surface area contributed by atoms with Gasteiger partial charge in [0.2, 0.25) is 0 Å². The van der Waals surface area contributed by atoms with Crippen molar-refractivity contribution >= 4 is 10.8 Å². The van der Waals surface area contributed by atoms with Gasteiger partial charge in [-0.25, -0.2) is 0 Å². The Morgan fingerprint density at radius 2 is 1.86 bits per heavy atom. The molecule has 1 aliphatic heterocycles. The molecule has 2 aromatic rings. The number of rotatable bonds is 3. The Kier molecular flexibility index (Phi) is 4.10. The van der Waals surface area contributed by atoms with Crippen LogP contribution >= 0.6 is 0 Å². The molecular formula is C17H21NO3. The van der Waals surface area contributed by atoms with Gasteiger partial charge in [-0.15, -0.1) is 0 Å². The zero-order valence-electron chi connectivity index (χ0n) is 11.9. The van der Waals surface area contributed by atoms with Gasteiger partial charge in [0.05, 0.1) is 6.10 Å². The maximum atomic E-state index is 9.99. The van der Waals surface area contributed by atoms with Crippen LogP contribution in [0.5, 0.6) is 5.75 Å². The SMILES string of the molecule is OC[C@H]1CCN(Cc2ccc3cc(O)ccc3c2)C[C@H]1O. The molecule has 4 heteroatoms. The Bertz CT molecular complexity index is 628. The molecule has 0 radical (unpaired) electrons. The fourth-order valence-electron chi connectivity index (χ4n) is 3.04. The van der Waals surface area contributed by atoms with E-state index >= 15 is 0 Å². The topological polar surface area (TPSA) is 63.9 Å². The molecule has 0 saturated carbocycles. The molecule has 2 aromatic carbocycles. The second-order valence-electron chi connectivity index (χ2n) is 5.90. The van der Waals surface area contributed by atoms with Gasteiger partial charge in [0, 0.05) is 25.6 Å². The van der Waals surface area contributed by atoms with Crippen molar-refractivity contribution in [2.75, 3.05) is 19.7 Å². The molecule has 0 aliphatic carbocycles. The lowest BCUT2D eigenvalue weighted by Crippen LogP contribution is -2.44. The van der Waals surface area contributed by atoms with Crippen molar-refractivity contribution in [2.24, 2.45) is 5.92 Å². The van der Waals surface area contributed by atoms with E-state index in [9.17, 15) is 15.3 Å². The van der Waals surface area contributed by atoms with Gasteiger partial charge in [-0.1, -0.05) is 18.2 Å². The molecule has 0 unspecified atom stereocenters. The largest absolute Gasteiger partial charge is 0.508 e. The minimum absolute atomic E-state index is 0.0147. The number of nitrogens with zero attached hydrogens (tertiary/aromatic N) is 1. The predicted octanol–water partition coefficient (Wildman–Crippen LogP) is 1.72. The number of β-amino-alcohol motifs (C(OH)–C–C–N with tert-alkyl or cyclic N) is 1. The number of aliphatic hydroxyl groups excluding tert-OH is 2. The summed E-state index contributed by atoms with van der Waals surface area (Å²) in [6.45, 7) is 2.37. The molecule has 1 fully saturated rings. The first-order chi connectivity index (χ1) is 10.2. The number of fused-ring (bicyclic) bond motifs is 1. The summed E-state index contributed by atoms with van der Waals surface area (Å²) >= 11 is 0. The van der Waals surface area contributed by atoms with Gasteiger partial charge >= 0.3 is 0 Å². The van der Waals surface area contributed by atoms with Gasteiger partial charge in [0.1, 0.15) is 5.75 Å². The summed E-state index contributed by atoms with van der Waals surface area (Å²) in [6.07, 6.45) is 0.389. The summed E-state index contributed by atoms with van der Waals surface area (Å²) in [6, 6.07) is 11.6. The molecular weight excluding hydrogens is 266 g/mol. The molecule has 3 N–H and O–H groups in total. The first-order valence-electron chi connectivity index (χ1n) is 7.38. The first-order valence-corrected chi connectivity index (χ1v) is 7.38. The third-order valence-electron chi connectivity index (χ3n) is 4.33. The fraction of sp³-hybridized carbons (Fsp3) is 0.412. The van der Waals surface area contributed by atoms with Crippen LogP contribution in [-0.4, -0.2) is 46.0 Å². The van der Waals surface area contributed by atoms with Crippen LogP contribution in [0.4, 0.5) is 0 Å². The van der Waals surface area contributed by atoms with Crippen molar-refractivity contribution < 1.29 is 15.3 Å². The van der Waals surface area contributed by atoms with Crippen LogP contribution in [0.1, 0.15) is 12.0 Å². The van der Waals surface area contributed by atoms with Crippen molar-refractivity contribution in [1.29, 1.82) is 0 Å². The number of hydrogen-bond acceptors (Lipinski definition) is 4. The fourth-order valence-corrected chi connectivity index (χ4v) is 3.04. The quantitative estimate of drug-likeness (QED) is 0.804. The van der Waals surface area contributed by atoms with Gasteiger partial charge in [-0.2, -0.15) is 0 Å². The number of piperidine rings is 1. The Morgan fingerprint density at radius 3 is 2.62 bits per heavy atom. The standard InChI is InChI=1S/C17H21NO3/c19-11-15-5-6-18(10-17(15)21)9-12-1-2-14-8-16(20)4-3-13(14)7-12/h1-4,7-8,15,17,19-21H,5-6,9-11H2/t15-,17-/m1/s1. The van der Waals surface area contributed by atoms with Crippen LogP contribution in [0.2, 0.25) is 0 Å². The van der Waals surface area contributed by atoms with Crippen LogP contribution < -0.4 is 0 Å². The third kappa shape index (κ3) is 3.18. The minimum atomic E-state index is -0.443. The molecule has 0 amide bonds. The Balaban J connectivity index is 1.72. The van der Waals surface area contributed by atoms with Crippen LogP contribution in [0.15, 0.2) is 36.4 Å². The van der Waals surface area contributed by atoms with Crippen molar-refractivity contribution in [2.45, 2.75) is 19.1 Å².